The summed E-state index contributed by atoms with van der Waals surface area (Å²) in [6.45, 7) is 1.82. The Balaban J connectivity index is 3.09. The van der Waals surface area contributed by atoms with E-state index >= 15 is 0 Å². The van der Waals surface area contributed by atoms with Crippen LogP contribution in [0.1, 0.15) is 22.3 Å². The highest BCUT2D eigenvalue weighted by atomic mass is 35.5. The van der Waals surface area contributed by atoms with Gasteiger partial charge in [0.1, 0.15) is 0 Å². The van der Waals surface area contributed by atoms with Gasteiger partial charge < -0.3 is 0 Å². The minimum Gasteiger partial charge on any atom is -0.294 e. The minimum absolute atomic E-state index is 0.00364. The molecule has 0 atom stereocenters. The van der Waals surface area contributed by atoms with Crippen molar-refractivity contribution in [1.82, 2.24) is 0 Å². The van der Waals surface area contributed by atoms with E-state index in [0.717, 1.165) is 5.56 Å². The molecule has 0 aromatic heterocycles. The number of halogens is 3. The predicted molar refractivity (Wildman–Crippen MR) is 60.9 cm³/mol. The largest absolute Gasteiger partial charge is 0.294 e. The van der Waals surface area contributed by atoms with Crippen molar-refractivity contribution in [2.45, 2.75) is 13.3 Å². The third-order valence-electron chi connectivity index (χ3n) is 1.89. The summed E-state index contributed by atoms with van der Waals surface area (Å²) in [7, 11) is 0. The number of Topliss-reactive ketones (excluding diaryl/α,β-unsaturated/α-hetero) is 1. The molecule has 0 aliphatic rings. The van der Waals surface area contributed by atoms with Crippen molar-refractivity contribution in [3.8, 4) is 0 Å². The average Bonchev–Trinajstić information content (AvgIpc) is 2.11. The first-order valence-electron chi connectivity index (χ1n) is 4.11. The molecular formula is C10H9Cl3O. The summed E-state index contributed by atoms with van der Waals surface area (Å²) in [5, 5.41) is 0.863. The summed E-state index contributed by atoms with van der Waals surface area (Å²) < 4.78 is 0. The van der Waals surface area contributed by atoms with E-state index in [0.29, 0.717) is 27.9 Å². The van der Waals surface area contributed by atoms with Gasteiger partial charge in [-0.25, -0.2) is 0 Å². The topological polar surface area (TPSA) is 17.1 Å². The second-order valence-electron chi connectivity index (χ2n) is 2.94. The molecule has 76 valence electrons. The molecule has 0 spiro atoms. The lowest BCUT2D eigenvalue weighted by Crippen LogP contribution is -2.02. The van der Waals surface area contributed by atoms with Gasteiger partial charge in [0.15, 0.2) is 5.78 Å². The number of alkyl halides is 1. The lowest BCUT2D eigenvalue weighted by Gasteiger charge is -2.05. The molecule has 0 aliphatic carbocycles. The zero-order valence-electron chi connectivity index (χ0n) is 7.61. The molecule has 4 heteroatoms. The van der Waals surface area contributed by atoms with Gasteiger partial charge in [-0.2, -0.15) is 0 Å². The van der Waals surface area contributed by atoms with E-state index in [4.69, 9.17) is 34.8 Å². The van der Waals surface area contributed by atoms with E-state index in [1.807, 2.05) is 6.92 Å². The first kappa shape index (κ1) is 11.8. The highest BCUT2D eigenvalue weighted by Gasteiger charge is 2.11. The molecular weight excluding hydrogens is 242 g/mol. The standard InChI is InChI=1S/C10H9Cl3O/c1-6-4-8(12)9(13)5-7(6)10(14)2-3-11/h4-5H,2-3H2,1H3. The molecule has 0 unspecified atom stereocenters. The highest BCUT2D eigenvalue weighted by Crippen LogP contribution is 2.26. The van der Waals surface area contributed by atoms with E-state index in [9.17, 15) is 4.79 Å². The quantitative estimate of drug-likeness (QED) is 0.583. The SMILES string of the molecule is Cc1cc(Cl)c(Cl)cc1C(=O)CCCl. The number of carbonyl (C=O) groups is 1. The summed E-state index contributed by atoms with van der Waals surface area (Å²) in [4.78, 5) is 11.5. The van der Waals surface area contributed by atoms with E-state index in [2.05, 4.69) is 0 Å². The van der Waals surface area contributed by atoms with Crippen LogP contribution in [0, 0.1) is 6.92 Å². The second kappa shape index (κ2) is 5.01. The third-order valence-corrected chi connectivity index (χ3v) is 2.80. The number of rotatable bonds is 3. The Morgan fingerprint density at radius 2 is 1.86 bits per heavy atom. The van der Waals surface area contributed by atoms with Gasteiger partial charge in [-0.3, -0.25) is 4.79 Å². The molecule has 0 heterocycles. The van der Waals surface area contributed by atoms with Crippen LogP contribution in [0.4, 0.5) is 0 Å². The van der Waals surface area contributed by atoms with Crippen molar-refractivity contribution in [2.75, 3.05) is 5.88 Å². The van der Waals surface area contributed by atoms with Crippen LogP contribution < -0.4 is 0 Å². The summed E-state index contributed by atoms with van der Waals surface area (Å²) in [6.07, 6.45) is 0.320. The van der Waals surface area contributed by atoms with Crippen molar-refractivity contribution in [1.29, 1.82) is 0 Å². The summed E-state index contributed by atoms with van der Waals surface area (Å²) >= 11 is 17.1. The Labute approximate surface area is 98.0 Å². The first-order valence-corrected chi connectivity index (χ1v) is 5.40. The number of aryl methyl sites for hydroxylation is 1. The Kier molecular flexibility index (Phi) is 4.24. The third kappa shape index (κ3) is 2.63. The first-order chi connectivity index (χ1) is 6.56. The molecule has 0 radical (unpaired) electrons. The van der Waals surface area contributed by atoms with Crippen LogP contribution in [-0.2, 0) is 0 Å². The normalized spacial score (nSPS) is 10.3. The maximum atomic E-state index is 11.5. The Bertz CT molecular complexity index is 361. The van der Waals surface area contributed by atoms with Gasteiger partial charge in [-0.1, -0.05) is 23.2 Å². The molecule has 0 saturated heterocycles. The van der Waals surface area contributed by atoms with Crippen LogP contribution in [0.15, 0.2) is 12.1 Å². The molecule has 0 saturated carbocycles. The van der Waals surface area contributed by atoms with Crippen LogP contribution in [-0.4, -0.2) is 11.7 Å². The molecule has 1 rings (SSSR count). The van der Waals surface area contributed by atoms with Gasteiger partial charge in [0.05, 0.1) is 10.0 Å². The molecule has 1 aromatic carbocycles. The zero-order valence-corrected chi connectivity index (χ0v) is 9.88. The highest BCUT2D eigenvalue weighted by molar-refractivity contribution is 6.42. The fourth-order valence-corrected chi connectivity index (χ4v) is 1.72. The Hall–Kier alpha value is -0.240. The molecule has 14 heavy (non-hydrogen) atoms. The number of carbonyl (C=O) groups excluding carboxylic acids is 1. The molecule has 0 fully saturated rings. The van der Waals surface area contributed by atoms with E-state index in [1.165, 1.54) is 0 Å². The van der Waals surface area contributed by atoms with Gasteiger partial charge in [-0.05, 0) is 24.6 Å². The van der Waals surface area contributed by atoms with E-state index < -0.39 is 0 Å². The number of ketones is 1. The maximum Gasteiger partial charge on any atom is 0.164 e. The van der Waals surface area contributed by atoms with Crippen LogP contribution in [0.3, 0.4) is 0 Å². The second-order valence-corrected chi connectivity index (χ2v) is 4.14. The smallest absolute Gasteiger partial charge is 0.164 e. The summed E-state index contributed by atoms with van der Waals surface area (Å²) in [5.41, 5.74) is 1.43. The minimum atomic E-state index is -0.00364. The maximum absolute atomic E-state index is 11.5. The van der Waals surface area contributed by atoms with Gasteiger partial charge in [-0.15, -0.1) is 11.6 Å². The molecule has 0 aliphatic heterocycles. The number of benzene rings is 1. The van der Waals surface area contributed by atoms with Crippen molar-refractivity contribution in [2.24, 2.45) is 0 Å². The van der Waals surface area contributed by atoms with Crippen molar-refractivity contribution < 1.29 is 4.79 Å². The summed E-state index contributed by atoms with van der Waals surface area (Å²) in [6, 6.07) is 3.28. The van der Waals surface area contributed by atoms with Crippen molar-refractivity contribution >= 4 is 40.6 Å². The lowest BCUT2D eigenvalue weighted by atomic mass is 10.0. The van der Waals surface area contributed by atoms with Gasteiger partial charge in [0.25, 0.3) is 0 Å². The molecule has 0 bridgehead atoms. The summed E-state index contributed by atoms with van der Waals surface area (Å²) in [5.74, 6) is 0.314. The monoisotopic (exact) mass is 250 g/mol. The van der Waals surface area contributed by atoms with E-state index in [-0.39, 0.29) is 5.78 Å². The Morgan fingerprint density at radius 1 is 1.29 bits per heavy atom. The van der Waals surface area contributed by atoms with Crippen LogP contribution in [0.2, 0.25) is 10.0 Å². The molecule has 0 amide bonds. The molecule has 1 nitrogen and oxygen atoms in total. The van der Waals surface area contributed by atoms with E-state index in [1.54, 1.807) is 12.1 Å². The van der Waals surface area contributed by atoms with Gasteiger partial charge in [0, 0.05) is 17.9 Å². The van der Waals surface area contributed by atoms with Crippen LogP contribution in [0.5, 0.6) is 0 Å². The number of hydrogen-bond donors (Lipinski definition) is 0. The van der Waals surface area contributed by atoms with Crippen LogP contribution >= 0.6 is 34.8 Å². The number of hydrogen-bond acceptors (Lipinski definition) is 1. The predicted octanol–water partition coefficient (Wildman–Crippen LogP) is 4.11. The van der Waals surface area contributed by atoms with Crippen molar-refractivity contribution in [3.05, 3.63) is 33.3 Å². The lowest BCUT2D eigenvalue weighted by molar-refractivity contribution is 0.0988. The molecule has 0 N–H and O–H groups in total. The zero-order chi connectivity index (χ0) is 10.7. The van der Waals surface area contributed by atoms with Crippen LogP contribution in [0.25, 0.3) is 0 Å². The fraction of sp³-hybridized carbons (Fsp3) is 0.300. The average molecular weight is 252 g/mol. The Morgan fingerprint density at radius 3 is 2.43 bits per heavy atom. The fourth-order valence-electron chi connectivity index (χ4n) is 1.17. The van der Waals surface area contributed by atoms with Crippen molar-refractivity contribution in [3.63, 3.8) is 0 Å². The molecule has 1 aromatic rings. The van der Waals surface area contributed by atoms with Gasteiger partial charge in [0.2, 0.25) is 0 Å². The van der Waals surface area contributed by atoms with Gasteiger partial charge >= 0.3 is 0 Å².